The molecule has 3 aromatic carbocycles. The van der Waals surface area contributed by atoms with Gasteiger partial charge in [0, 0.05) is 5.56 Å². The Bertz CT molecular complexity index is 1040. The van der Waals surface area contributed by atoms with Crippen LogP contribution in [0.25, 0.3) is 0 Å². The van der Waals surface area contributed by atoms with Gasteiger partial charge in [-0.05, 0) is 24.6 Å². The van der Waals surface area contributed by atoms with E-state index in [1.54, 1.807) is 48.5 Å². The summed E-state index contributed by atoms with van der Waals surface area (Å²) >= 11 is 2.02. The third kappa shape index (κ3) is 4.87. The summed E-state index contributed by atoms with van der Waals surface area (Å²) in [4.78, 5) is 13.2. The molecule has 0 spiro atoms. The average molecular weight is 505 g/mol. The average Bonchev–Trinajstić information content (AvgIpc) is 2.72. The summed E-state index contributed by atoms with van der Waals surface area (Å²) in [6, 6.07) is 24.0. The fourth-order valence-corrected chi connectivity index (χ4v) is 5.26. The number of Topliss-reactive ketones (excluding diaryl/α,β-unsaturated/α-hetero) is 1. The molecular weight excluding hydrogens is 485 g/mol. The lowest BCUT2D eigenvalue weighted by Crippen LogP contribution is -2.37. The van der Waals surface area contributed by atoms with Crippen LogP contribution in [0.3, 0.4) is 0 Å². The second-order valence-corrected chi connectivity index (χ2v) is 9.51. The van der Waals surface area contributed by atoms with Gasteiger partial charge in [0.2, 0.25) is 10.0 Å². The van der Waals surface area contributed by atoms with Crippen LogP contribution in [0.4, 0.5) is 0 Å². The van der Waals surface area contributed by atoms with E-state index >= 15 is 0 Å². The number of nitrogens with one attached hydrogen (secondary N) is 1. The highest BCUT2D eigenvalue weighted by Crippen LogP contribution is 2.28. The standard InChI is InChI=1S/C22H20INO3S/c1-16-12-14-19(15-13-16)28(26,27)24-21(17-8-4-2-5-9-17)20(23)22(25)18-10-6-3-7-11-18/h2-15,20-21,24H,1H3/t20-,21-/m1/s1. The zero-order valence-corrected chi connectivity index (χ0v) is 18.2. The molecule has 0 saturated carbocycles. The number of hydrogen-bond donors (Lipinski definition) is 1. The Morgan fingerprint density at radius 2 is 1.39 bits per heavy atom. The van der Waals surface area contributed by atoms with Crippen LogP contribution in [-0.4, -0.2) is 18.1 Å². The van der Waals surface area contributed by atoms with Crippen molar-refractivity contribution < 1.29 is 13.2 Å². The lowest BCUT2D eigenvalue weighted by Gasteiger charge is -2.24. The monoisotopic (exact) mass is 505 g/mol. The van der Waals surface area contributed by atoms with E-state index in [0.29, 0.717) is 5.56 Å². The van der Waals surface area contributed by atoms with E-state index in [0.717, 1.165) is 11.1 Å². The number of carbonyl (C=O) groups is 1. The minimum absolute atomic E-state index is 0.123. The summed E-state index contributed by atoms with van der Waals surface area (Å²) in [5.41, 5.74) is 2.27. The smallest absolute Gasteiger partial charge is 0.241 e. The van der Waals surface area contributed by atoms with Gasteiger partial charge in [-0.1, -0.05) is 101 Å². The lowest BCUT2D eigenvalue weighted by atomic mass is 9.99. The molecule has 0 aliphatic rings. The van der Waals surface area contributed by atoms with Crippen molar-refractivity contribution in [2.75, 3.05) is 0 Å². The molecule has 144 valence electrons. The summed E-state index contributed by atoms with van der Waals surface area (Å²) in [6.45, 7) is 1.90. The van der Waals surface area contributed by atoms with Crippen LogP contribution >= 0.6 is 22.6 Å². The van der Waals surface area contributed by atoms with E-state index in [-0.39, 0.29) is 10.7 Å². The van der Waals surface area contributed by atoms with Crippen LogP contribution in [-0.2, 0) is 10.0 Å². The maximum absolute atomic E-state index is 13.0. The first-order valence-corrected chi connectivity index (χ1v) is 11.5. The molecule has 28 heavy (non-hydrogen) atoms. The first-order chi connectivity index (χ1) is 13.4. The van der Waals surface area contributed by atoms with E-state index in [4.69, 9.17) is 0 Å². The van der Waals surface area contributed by atoms with Gasteiger partial charge in [0.05, 0.1) is 14.9 Å². The summed E-state index contributed by atoms with van der Waals surface area (Å²) in [6.07, 6.45) is 0. The van der Waals surface area contributed by atoms with Gasteiger partial charge < -0.3 is 0 Å². The number of halogens is 1. The van der Waals surface area contributed by atoms with Crippen molar-refractivity contribution in [2.45, 2.75) is 21.8 Å². The molecule has 1 N–H and O–H groups in total. The molecule has 0 fully saturated rings. The van der Waals surface area contributed by atoms with E-state index in [1.165, 1.54) is 0 Å². The molecule has 2 atom stereocenters. The van der Waals surface area contributed by atoms with Crippen LogP contribution in [0.2, 0.25) is 0 Å². The van der Waals surface area contributed by atoms with Gasteiger partial charge in [-0.15, -0.1) is 0 Å². The summed E-state index contributed by atoms with van der Waals surface area (Å²) < 4.78 is 28.1. The molecule has 3 aromatic rings. The molecule has 0 unspecified atom stereocenters. The maximum atomic E-state index is 13.0. The number of carbonyl (C=O) groups excluding carboxylic acids is 1. The van der Waals surface area contributed by atoms with Crippen LogP contribution in [0.1, 0.15) is 27.5 Å². The van der Waals surface area contributed by atoms with Crippen molar-refractivity contribution in [1.29, 1.82) is 0 Å². The van der Waals surface area contributed by atoms with Crippen LogP contribution in [0.15, 0.2) is 89.8 Å². The van der Waals surface area contributed by atoms with Crippen LogP contribution in [0, 0.1) is 6.92 Å². The zero-order valence-electron chi connectivity index (χ0n) is 15.2. The molecular formula is C22H20INO3S. The highest BCUT2D eigenvalue weighted by molar-refractivity contribution is 14.1. The molecule has 6 heteroatoms. The zero-order chi connectivity index (χ0) is 20.1. The molecule has 0 aliphatic carbocycles. The van der Waals surface area contributed by atoms with Gasteiger partial charge in [0.1, 0.15) is 0 Å². The number of alkyl halides is 1. The van der Waals surface area contributed by atoms with E-state index in [9.17, 15) is 13.2 Å². The van der Waals surface area contributed by atoms with Crippen molar-refractivity contribution >= 4 is 38.4 Å². The molecule has 0 radical (unpaired) electrons. The third-order valence-corrected chi connectivity index (χ3v) is 7.12. The fourth-order valence-electron chi connectivity index (χ4n) is 2.82. The first kappa shape index (κ1) is 20.7. The maximum Gasteiger partial charge on any atom is 0.241 e. The quantitative estimate of drug-likeness (QED) is 0.288. The predicted octanol–water partition coefficient (Wildman–Crippen LogP) is 4.70. The minimum atomic E-state index is -3.79. The van der Waals surface area contributed by atoms with E-state index in [1.807, 2.05) is 65.9 Å². The largest absolute Gasteiger partial charge is 0.293 e. The van der Waals surface area contributed by atoms with Crippen molar-refractivity contribution in [1.82, 2.24) is 4.72 Å². The van der Waals surface area contributed by atoms with Gasteiger partial charge >= 0.3 is 0 Å². The Morgan fingerprint density at radius 1 is 0.857 bits per heavy atom. The Hall–Kier alpha value is -2.03. The highest BCUT2D eigenvalue weighted by Gasteiger charge is 2.32. The second kappa shape index (κ2) is 8.98. The van der Waals surface area contributed by atoms with Crippen LogP contribution in [0.5, 0.6) is 0 Å². The Morgan fingerprint density at radius 3 is 1.96 bits per heavy atom. The van der Waals surface area contributed by atoms with Gasteiger partial charge in [0.25, 0.3) is 0 Å². The van der Waals surface area contributed by atoms with Crippen molar-refractivity contribution in [2.24, 2.45) is 0 Å². The number of benzene rings is 3. The first-order valence-electron chi connectivity index (χ1n) is 8.76. The second-order valence-electron chi connectivity index (χ2n) is 6.45. The van der Waals surface area contributed by atoms with Crippen molar-refractivity contribution in [3.05, 3.63) is 102 Å². The van der Waals surface area contributed by atoms with Crippen molar-refractivity contribution in [3.8, 4) is 0 Å². The highest BCUT2D eigenvalue weighted by atomic mass is 127. The van der Waals surface area contributed by atoms with Gasteiger partial charge in [-0.25, -0.2) is 13.1 Å². The summed E-state index contributed by atoms with van der Waals surface area (Å²) in [5, 5.41) is 0. The molecule has 0 saturated heterocycles. The molecule has 0 heterocycles. The Kier molecular flexibility index (Phi) is 6.64. The van der Waals surface area contributed by atoms with Crippen molar-refractivity contribution in [3.63, 3.8) is 0 Å². The Balaban J connectivity index is 1.96. The van der Waals surface area contributed by atoms with Gasteiger partial charge in [0.15, 0.2) is 5.78 Å². The summed E-state index contributed by atoms with van der Waals surface area (Å²) in [5.74, 6) is -0.123. The normalized spacial score (nSPS) is 13.6. The topological polar surface area (TPSA) is 63.2 Å². The van der Waals surface area contributed by atoms with Gasteiger partial charge in [-0.3, -0.25) is 4.79 Å². The Labute approximate surface area is 179 Å². The minimum Gasteiger partial charge on any atom is -0.293 e. The van der Waals surface area contributed by atoms with Crippen LogP contribution < -0.4 is 4.72 Å². The molecule has 4 nitrogen and oxygen atoms in total. The molecule has 0 aliphatic heterocycles. The summed E-state index contributed by atoms with van der Waals surface area (Å²) in [7, 11) is -3.79. The van der Waals surface area contributed by atoms with Gasteiger partial charge in [-0.2, -0.15) is 0 Å². The lowest BCUT2D eigenvalue weighted by molar-refractivity contribution is 0.0985. The predicted molar refractivity (Wildman–Crippen MR) is 119 cm³/mol. The molecule has 0 bridgehead atoms. The number of hydrogen-bond acceptors (Lipinski definition) is 3. The van der Waals surface area contributed by atoms with E-state index in [2.05, 4.69) is 4.72 Å². The third-order valence-electron chi connectivity index (χ3n) is 4.37. The number of ketones is 1. The SMILES string of the molecule is Cc1ccc(S(=O)(=O)N[C@H](c2ccccc2)[C@@H](I)C(=O)c2ccccc2)cc1. The molecule has 0 amide bonds. The number of rotatable bonds is 7. The van der Waals surface area contributed by atoms with E-state index < -0.39 is 20.0 Å². The number of sulfonamides is 1. The molecule has 0 aromatic heterocycles. The number of aryl methyl sites for hydroxylation is 1. The fraction of sp³-hybridized carbons (Fsp3) is 0.136. The molecule has 3 rings (SSSR count).